The molecule has 0 bridgehead atoms. The van der Waals surface area contributed by atoms with Crippen LogP contribution in [-0.4, -0.2) is 11.6 Å². The summed E-state index contributed by atoms with van der Waals surface area (Å²) in [6, 6.07) is 10.8. The van der Waals surface area contributed by atoms with Crippen LogP contribution in [-0.2, 0) is 22.0 Å². The number of nitriles is 1. The van der Waals surface area contributed by atoms with E-state index in [1.807, 2.05) is 6.07 Å². The maximum atomic E-state index is 15.1. The maximum absolute atomic E-state index is 15.1. The highest BCUT2D eigenvalue weighted by Gasteiger charge is 2.68. The number of benzene rings is 2. The van der Waals surface area contributed by atoms with Gasteiger partial charge >= 0.3 is 5.92 Å². The summed E-state index contributed by atoms with van der Waals surface area (Å²) in [5.74, 6) is -5.94. The summed E-state index contributed by atoms with van der Waals surface area (Å²) in [6.07, 6.45) is 1.23. The van der Waals surface area contributed by atoms with Gasteiger partial charge in [0.1, 0.15) is 23.1 Å². The lowest BCUT2D eigenvalue weighted by Crippen LogP contribution is -2.34. The van der Waals surface area contributed by atoms with Gasteiger partial charge in [0.2, 0.25) is 0 Å². The van der Waals surface area contributed by atoms with Gasteiger partial charge in [-0.05, 0) is 42.0 Å². The van der Waals surface area contributed by atoms with E-state index in [-0.39, 0.29) is 11.3 Å². The van der Waals surface area contributed by atoms with Crippen LogP contribution in [0.1, 0.15) is 22.4 Å². The molecule has 0 aliphatic carbocycles. The Morgan fingerprint density at radius 3 is 2.42 bits per heavy atom. The number of hydrogen-bond donors (Lipinski definition) is 0. The van der Waals surface area contributed by atoms with Gasteiger partial charge in [0.15, 0.2) is 5.60 Å². The second-order valence-electron chi connectivity index (χ2n) is 6.91. The minimum atomic E-state index is -3.66. The first kappa shape index (κ1) is 21.3. The molecule has 0 amide bonds. The van der Waals surface area contributed by atoms with Crippen molar-refractivity contribution in [3.8, 4) is 6.07 Å². The molecule has 0 N–H and O–H groups in total. The standard InChI is InChI=1S/C22H13F5N2OS/c23-15-3-4-16(17(24)8-15)21(12-30-21)22(26,27)20-6-2-14(10-29-20)11-31-19-5-1-13(9-28)7-18(19)25/h1-8,10H,11-12H2. The number of ether oxygens (including phenoxy) is 1. The molecule has 1 atom stereocenters. The lowest BCUT2D eigenvalue weighted by atomic mass is 9.90. The molecular weight excluding hydrogens is 435 g/mol. The van der Waals surface area contributed by atoms with E-state index in [4.69, 9.17) is 10.00 Å². The zero-order valence-corrected chi connectivity index (χ0v) is 16.5. The Balaban J connectivity index is 1.52. The second kappa shape index (κ2) is 7.94. The third-order valence-electron chi connectivity index (χ3n) is 4.91. The van der Waals surface area contributed by atoms with E-state index in [1.165, 1.54) is 24.4 Å². The Hall–Kier alpha value is -2.96. The van der Waals surface area contributed by atoms with Crippen molar-refractivity contribution in [3.63, 3.8) is 0 Å². The summed E-state index contributed by atoms with van der Waals surface area (Å²) in [4.78, 5) is 4.13. The smallest absolute Gasteiger partial charge is 0.324 e. The molecule has 2 heterocycles. The number of nitrogens with zero attached hydrogens (tertiary/aromatic N) is 2. The quantitative estimate of drug-likeness (QED) is 0.277. The zero-order valence-electron chi connectivity index (χ0n) is 15.7. The van der Waals surface area contributed by atoms with Crippen LogP contribution in [0.4, 0.5) is 22.0 Å². The summed E-state index contributed by atoms with van der Waals surface area (Å²) in [5.41, 5.74) is -2.53. The number of aromatic nitrogens is 1. The van der Waals surface area contributed by atoms with Crippen LogP contribution >= 0.6 is 11.8 Å². The Morgan fingerprint density at radius 2 is 1.84 bits per heavy atom. The van der Waals surface area contributed by atoms with Gasteiger partial charge in [-0.25, -0.2) is 13.2 Å². The highest BCUT2D eigenvalue weighted by Crippen LogP contribution is 2.56. The number of epoxide rings is 1. The Morgan fingerprint density at radius 1 is 1.06 bits per heavy atom. The molecule has 4 rings (SSSR count). The molecule has 0 radical (unpaired) electrons. The van der Waals surface area contributed by atoms with Gasteiger partial charge in [0.25, 0.3) is 0 Å². The first-order valence-corrected chi connectivity index (χ1v) is 10.0. The molecule has 3 nitrogen and oxygen atoms in total. The van der Waals surface area contributed by atoms with Crippen LogP contribution in [0.25, 0.3) is 0 Å². The van der Waals surface area contributed by atoms with Gasteiger partial charge in [-0.2, -0.15) is 14.0 Å². The second-order valence-corrected chi connectivity index (χ2v) is 7.93. The van der Waals surface area contributed by atoms with Crippen LogP contribution in [0.3, 0.4) is 0 Å². The molecule has 1 fully saturated rings. The Kier molecular flexibility index (Phi) is 5.45. The van der Waals surface area contributed by atoms with Crippen molar-refractivity contribution < 1.29 is 26.7 Å². The minimum Gasteiger partial charge on any atom is -0.357 e. The topological polar surface area (TPSA) is 49.2 Å². The molecule has 0 spiro atoms. The summed E-state index contributed by atoms with van der Waals surface area (Å²) in [6.45, 7) is -0.431. The summed E-state index contributed by atoms with van der Waals surface area (Å²) in [5, 5.41) is 8.77. The number of pyridine rings is 1. The van der Waals surface area contributed by atoms with Gasteiger partial charge < -0.3 is 4.74 Å². The molecule has 1 unspecified atom stereocenters. The molecule has 1 aliphatic heterocycles. The van der Waals surface area contributed by atoms with Gasteiger partial charge in [-0.15, -0.1) is 11.8 Å². The van der Waals surface area contributed by atoms with Gasteiger partial charge in [0.05, 0.1) is 18.2 Å². The number of thioether (sulfide) groups is 1. The molecule has 1 aliphatic rings. The van der Waals surface area contributed by atoms with Crippen LogP contribution in [0.2, 0.25) is 0 Å². The fourth-order valence-electron chi connectivity index (χ4n) is 3.15. The lowest BCUT2D eigenvalue weighted by molar-refractivity contribution is -0.0901. The van der Waals surface area contributed by atoms with Crippen LogP contribution in [0.5, 0.6) is 0 Å². The Bertz CT molecular complexity index is 1170. The molecular formula is C22H13F5N2OS. The SMILES string of the molecule is N#Cc1ccc(SCc2ccc(C(F)(F)C3(c4ccc(F)cc4F)CO3)nc2)c(F)c1. The molecule has 9 heteroatoms. The third kappa shape index (κ3) is 3.89. The third-order valence-corrected chi connectivity index (χ3v) is 6.03. The van der Waals surface area contributed by atoms with E-state index in [0.29, 0.717) is 16.5 Å². The van der Waals surface area contributed by atoms with Crippen LogP contribution < -0.4 is 0 Å². The number of rotatable bonds is 6. The maximum Gasteiger partial charge on any atom is 0.324 e. The fourth-order valence-corrected chi connectivity index (χ4v) is 4.00. The molecule has 31 heavy (non-hydrogen) atoms. The summed E-state index contributed by atoms with van der Waals surface area (Å²) in [7, 11) is 0. The molecule has 3 aromatic rings. The van der Waals surface area contributed by atoms with E-state index in [2.05, 4.69) is 4.98 Å². The van der Waals surface area contributed by atoms with Gasteiger partial charge in [-0.1, -0.05) is 6.07 Å². The van der Waals surface area contributed by atoms with E-state index >= 15 is 8.78 Å². The highest BCUT2D eigenvalue weighted by molar-refractivity contribution is 7.98. The molecule has 2 aromatic carbocycles. The summed E-state index contributed by atoms with van der Waals surface area (Å²) >= 11 is 1.13. The molecule has 1 aromatic heterocycles. The predicted octanol–water partition coefficient (Wildman–Crippen LogP) is 5.68. The van der Waals surface area contributed by atoms with Crippen molar-refractivity contribution in [1.29, 1.82) is 5.26 Å². The lowest BCUT2D eigenvalue weighted by Gasteiger charge is -2.24. The first-order chi connectivity index (χ1) is 14.8. The van der Waals surface area contributed by atoms with E-state index < -0.39 is 46.8 Å². The van der Waals surface area contributed by atoms with Crippen molar-refractivity contribution in [2.45, 2.75) is 22.2 Å². The molecule has 0 saturated carbocycles. The average Bonchev–Trinajstić information content (AvgIpc) is 3.55. The normalized spacial score (nSPS) is 17.9. The van der Waals surface area contributed by atoms with E-state index in [1.54, 1.807) is 0 Å². The Labute approximate surface area is 178 Å². The predicted molar refractivity (Wildman–Crippen MR) is 103 cm³/mol. The summed E-state index contributed by atoms with van der Waals surface area (Å²) < 4.78 is 76.5. The van der Waals surface area contributed by atoms with Crippen molar-refractivity contribution in [3.05, 3.63) is 94.6 Å². The van der Waals surface area contributed by atoms with Crippen molar-refractivity contribution in [1.82, 2.24) is 4.98 Å². The number of alkyl halides is 2. The van der Waals surface area contributed by atoms with Crippen molar-refractivity contribution in [2.24, 2.45) is 0 Å². The van der Waals surface area contributed by atoms with Crippen molar-refractivity contribution in [2.75, 3.05) is 6.61 Å². The average molecular weight is 448 g/mol. The number of halogens is 5. The first-order valence-electron chi connectivity index (χ1n) is 9.02. The van der Waals surface area contributed by atoms with Crippen molar-refractivity contribution >= 4 is 11.8 Å². The molecule has 158 valence electrons. The fraction of sp³-hybridized carbons (Fsp3) is 0.182. The largest absolute Gasteiger partial charge is 0.357 e. The van der Waals surface area contributed by atoms with Gasteiger partial charge in [0, 0.05) is 28.5 Å². The van der Waals surface area contributed by atoms with E-state index in [0.717, 1.165) is 36.0 Å². The van der Waals surface area contributed by atoms with Crippen LogP contribution in [0, 0.1) is 28.8 Å². The minimum absolute atomic E-state index is 0.198. The zero-order chi connectivity index (χ0) is 22.2. The van der Waals surface area contributed by atoms with E-state index in [9.17, 15) is 13.2 Å². The van der Waals surface area contributed by atoms with Crippen LogP contribution in [0.15, 0.2) is 59.6 Å². The number of hydrogen-bond acceptors (Lipinski definition) is 4. The molecule has 1 saturated heterocycles. The van der Waals surface area contributed by atoms with Gasteiger partial charge in [-0.3, -0.25) is 4.98 Å². The monoisotopic (exact) mass is 448 g/mol. The highest BCUT2D eigenvalue weighted by atomic mass is 32.2.